The van der Waals surface area contributed by atoms with Gasteiger partial charge in [-0.2, -0.15) is 5.26 Å². The monoisotopic (exact) mass is 208 g/mol. The summed E-state index contributed by atoms with van der Waals surface area (Å²) in [5.74, 6) is 0. The lowest BCUT2D eigenvalue weighted by atomic mass is 10.2. The fourth-order valence-electron chi connectivity index (χ4n) is 1.52. The summed E-state index contributed by atoms with van der Waals surface area (Å²) in [6.07, 6.45) is -2.96. The highest BCUT2D eigenvalue weighted by Crippen LogP contribution is 2.18. The van der Waals surface area contributed by atoms with Gasteiger partial charge in [0.2, 0.25) is 0 Å². The summed E-state index contributed by atoms with van der Waals surface area (Å²) in [6.45, 7) is 0.443. The van der Waals surface area contributed by atoms with Crippen LogP contribution in [-0.2, 0) is 4.74 Å². The average molecular weight is 208 g/mol. The third-order valence-electron chi connectivity index (χ3n) is 2.16. The molecule has 0 aromatic carbocycles. The Bertz CT molecular complexity index is 224. The van der Waals surface area contributed by atoms with Gasteiger partial charge in [-0.3, -0.25) is 9.64 Å². The van der Waals surface area contributed by atoms with Crippen molar-refractivity contribution in [2.24, 2.45) is 0 Å². The molecule has 1 aliphatic heterocycles. The molecule has 0 radical (unpaired) electrons. The number of halogens is 3. The molecule has 3 nitrogen and oxygen atoms in total. The Labute approximate surface area is 80.1 Å². The summed E-state index contributed by atoms with van der Waals surface area (Å²) in [5.41, 5.74) is 0. The summed E-state index contributed by atoms with van der Waals surface area (Å²) >= 11 is 0. The summed E-state index contributed by atoms with van der Waals surface area (Å²) in [7, 11) is 0. The molecular weight excluding hydrogens is 197 g/mol. The van der Waals surface area contributed by atoms with Crippen LogP contribution < -0.4 is 0 Å². The van der Waals surface area contributed by atoms with Gasteiger partial charge >= 0.3 is 6.36 Å². The van der Waals surface area contributed by atoms with Gasteiger partial charge in [-0.25, -0.2) is 0 Å². The molecule has 1 heterocycles. The second kappa shape index (κ2) is 4.62. The molecule has 80 valence electrons. The third-order valence-corrected chi connectivity index (χ3v) is 2.16. The van der Waals surface area contributed by atoms with Crippen LogP contribution >= 0.6 is 0 Å². The molecule has 1 saturated heterocycles. The van der Waals surface area contributed by atoms with Crippen molar-refractivity contribution in [1.29, 1.82) is 5.26 Å². The van der Waals surface area contributed by atoms with Crippen molar-refractivity contribution in [3.63, 3.8) is 0 Å². The van der Waals surface area contributed by atoms with Gasteiger partial charge < -0.3 is 0 Å². The largest absolute Gasteiger partial charge is 0.522 e. The third kappa shape index (κ3) is 3.52. The average Bonchev–Trinajstić information content (AvgIpc) is 2.49. The maximum absolute atomic E-state index is 11.6. The number of nitrogens with zero attached hydrogens (tertiary/aromatic N) is 2. The Morgan fingerprint density at radius 1 is 1.50 bits per heavy atom. The van der Waals surface area contributed by atoms with Gasteiger partial charge in [0.1, 0.15) is 0 Å². The first-order chi connectivity index (χ1) is 6.53. The number of ether oxygens (including phenoxy) is 1. The van der Waals surface area contributed by atoms with E-state index >= 15 is 0 Å². The van der Waals surface area contributed by atoms with Crippen LogP contribution in [0, 0.1) is 11.3 Å². The standard InChI is InChI=1S/C8H11F3N2O/c9-8(10,11)14-5-4-13-3-1-2-7(13)6-12/h7H,1-5H2. The molecule has 1 rings (SSSR count). The van der Waals surface area contributed by atoms with Crippen molar-refractivity contribution < 1.29 is 17.9 Å². The minimum absolute atomic E-state index is 0.164. The van der Waals surface area contributed by atoms with Gasteiger partial charge in [0.15, 0.2) is 0 Å². The van der Waals surface area contributed by atoms with Gasteiger partial charge in [-0.1, -0.05) is 0 Å². The Hall–Kier alpha value is -0.800. The van der Waals surface area contributed by atoms with E-state index < -0.39 is 13.0 Å². The quantitative estimate of drug-likeness (QED) is 0.705. The van der Waals surface area contributed by atoms with E-state index in [0.717, 1.165) is 12.8 Å². The lowest BCUT2D eigenvalue weighted by Crippen LogP contribution is -2.32. The highest BCUT2D eigenvalue weighted by atomic mass is 19.4. The minimum atomic E-state index is -4.57. The van der Waals surface area contributed by atoms with E-state index in [2.05, 4.69) is 10.8 Å². The molecule has 1 aliphatic rings. The van der Waals surface area contributed by atoms with Crippen LogP contribution in [0.1, 0.15) is 12.8 Å². The summed E-state index contributed by atoms with van der Waals surface area (Å²) < 4.78 is 38.4. The van der Waals surface area contributed by atoms with E-state index in [4.69, 9.17) is 5.26 Å². The van der Waals surface area contributed by atoms with Gasteiger partial charge in [0.05, 0.1) is 18.7 Å². The molecule has 14 heavy (non-hydrogen) atoms. The van der Waals surface area contributed by atoms with Crippen LogP contribution in [-0.4, -0.2) is 37.0 Å². The highest BCUT2D eigenvalue weighted by Gasteiger charge is 2.30. The molecule has 1 atom stereocenters. The van der Waals surface area contributed by atoms with Crippen LogP contribution in [0.4, 0.5) is 13.2 Å². The zero-order valence-electron chi connectivity index (χ0n) is 7.55. The number of hydrogen-bond acceptors (Lipinski definition) is 3. The first kappa shape index (κ1) is 11.3. The van der Waals surface area contributed by atoms with E-state index in [1.807, 2.05) is 0 Å². The molecule has 0 saturated carbocycles. The smallest absolute Gasteiger partial charge is 0.291 e. The highest BCUT2D eigenvalue weighted by molar-refractivity contribution is 4.95. The van der Waals surface area contributed by atoms with Crippen molar-refractivity contribution in [3.05, 3.63) is 0 Å². The van der Waals surface area contributed by atoms with Crippen LogP contribution in [0.2, 0.25) is 0 Å². The van der Waals surface area contributed by atoms with Crippen molar-refractivity contribution in [3.8, 4) is 6.07 Å². The van der Waals surface area contributed by atoms with E-state index in [9.17, 15) is 13.2 Å². The van der Waals surface area contributed by atoms with E-state index in [1.165, 1.54) is 0 Å². The first-order valence-corrected chi connectivity index (χ1v) is 4.37. The normalized spacial score (nSPS) is 23.7. The lowest BCUT2D eigenvalue weighted by molar-refractivity contribution is -0.325. The zero-order valence-corrected chi connectivity index (χ0v) is 7.55. The number of alkyl halides is 3. The molecule has 0 N–H and O–H groups in total. The van der Waals surface area contributed by atoms with Gasteiger partial charge in [0.25, 0.3) is 0 Å². The zero-order chi connectivity index (χ0) is 10.6. The van der Waals surface area contributed by atoms with Crippen molar-refractivity contribution in [2.45, 2.75) is 25.2 Å². The predicted octanol–water partition coefficient (Wildman–Crippen LogP) is 1.51. The lowest BCUT2D eigenvalue weighted by Gasteiger charge is -2.18. The summed E-state index contributed by atoms with van der Waals surface area (Å²) in [4.78, 5) is 1.71. The van der Waals surface area contributed by atoms with Crippen LogP contribution in [0.15, 0.2) is 0 Å². The predicted molar refractivity (Wildman–Crippen MR) is 42.2 cm³/mol. The molecular formula is C8H11F3N2O. The fourth-order valence-corrected chi connectivity index (χ4v) is 1.52. The Morgan fingerprint density at radius 3 is 2.79 bits per heavy atom. The number of hydrogen-bond donors (Lipinski definition) is 0. The molecule has 0 spiro atoms. The second-order valence-corrected chi connectivity index (χ2v) is 3.12. The molecule has 1 unspecified atom stereocenters. The van der Waals surface area contributed by atoms with E-state index in [-0.39, 0.29) is 12.6 Å². The number of rotatable bonds is 3. The van der Waals surface area contributed by atoms with Crippen LogP contribution in [0.3, 0.4) is 0 Å². The number of nitriles is 1. The maximum atomic E-state index is 11.6. The molecule has 0 aromatic rings. The Kier molecular flexibility index (Phi) is 3.72. The van der Waals surface area contributed by atoms with Crippen LogP contribution in [0.25, 0.3) is 0 Å². The van der Waals surface area contributed by atoms with E-state index in [1.54, 1.807) is 4.90 Å². The van der Waals surface area contributed by atoms with Gasteiger partial charge in [-0.15, -0.1) is 13.2 Å². The number of likely N-dealkylation sites (tertiary alicyclic amines) is 1. The Morgan fingerprint density at radius 2 is 2.21 bits per heavy atom. The topological polar surface area (TPSA) is 36.3 Å². The van der Waals surface area contributed by atoms with Crippen molar-refractivity contribution in [2.75, 3.05) is 19.7 Å². The fraction of sp³-hybridized carbons (Fsp3) is 0.875. The van der Waals surface area contributed by atoms with Crippen molar-refractivity contribution in [1.82, 2.24) is 4.90 Å². The molecule has 0 amide bonds. The summed E-state index contributed by atoms with van der Waals surface area (Å²) in [5, 5.41) is 8.64. The molecule has 0 aliphatic carbocycles. The van der Waals surface area contributed by atoms with E-state index in [0.29, 0.717) is 6.54 Å². The second-order valence-electron chi connectivity index (χ2n) is 3.12. The Balaban J connectivity index is 2.22. The molecule has 0 aromatic heterocycles. The molecule has 6 heteroatoms. The van der Waals surface area contributed by atoms with Crippen molar-refractivity contribution >= 4 is 0 Å². The van der Waals surface area contributed by atoms with Gasteiger partial charge in [-0.05, 0) is 19.4 Å². The molecule has 0 bridgehead atoms. The minimum Gasteiger partial charge on any atom is -0.291 e. The van der Waals surface area contributed by atoms with Crippen LogP contribution in [0.5, 0.6) is 0 Å². The van der Waals surface area contributed by atoms with Gasteiger partial charge in [0, 0.05) is 6.54 Å². The SMILES string of the molecule is N#CC1CCCN1CCOC(F)(F)F. The molecule has 1 fully saturated rings. The maximum Gasteiger partial charge on any atom is 0.522 e. The summed E-state index contributed by atoms with van der Waals surface area (Å²) in [6, 6.07) is 1.81. The first-order valence-electron chi connectivity index (χ1n) is 4.37.